The largest absolute Gasteiger partial charge is 0.367 e. The summed E-state index contributed by atoms with van der Waals surface area (Å²) in [5.74, 6) is 0.944. The zero-order valence-electron chi connectivity index (χ0n) is 15.9. The third-order valence-corrected chi connectivity index (χ3v) is 6.78. The van der Waals surface area contributed by atoms with Crippen molar-refractivity contribution in [1.29, 1.82) is 0 Å². The van der Waals surface area contributed by atoms with Crippen LogP contribution in [0.25, 0.3) is 0 Å². The molecule has 3 aliphatic heterocycles. The van der Waals surface area contributed by atoms with Crippen LogP contribution in [0.3, 0.4) is 0 Å². The van der Waals surface area contributed by atoms with Crippen molar-refractivity contribution in [3.05, 3.63) is 24.0 Å². The summed E-state index contributed by atoms with van der Waals surface area (Å²) in [5.41, 5.74) is 0.477. The van der Waals surface area contributed by atoms with Gasteiger partial charge in [0.2, 0.25) is 5.91 Å². The first-order valence-corrected chi connectivity index (χ1v) is 9.89. The fourth-order valence-electron chi connectivity index (χ4n) is 5.57. The Kier molecular flexibility index (Phi) is 4.34. The molecule has 1 unspecified atom stereocenters. The van der Waals surface area contributed by atoms with Crippen LogP contribution in [0.15, 0.2) is 18.5 Å². The number of H-pyrrole nitrogens is 1. The molecule has 0 radical (unpaired) electrons. The second kappa shape index (κ2) is 6.41. The number of likely N-dealkylation sites (tertiary alicyclic amines) is 2. The number of fused-ring (bicyclic) bond motifs is 1. The molecule has 0 aliphatic carbocycles. The van der Waals surface area contributed by atoms with Crippen LogP contribution in [0.4, 0.5) is 0 Å². The predicted octanol–water partition coefficient (Wildman–Crippen LogP) is 1.72. The van der Waals surface area contributed by atoms with Gasteiger partial charge in [0.1, 0.15) is 0 Å². The van der Waals surface area contributed by atoms with Gasteiger partial charge in [-0.05, 0) is 31.2 Å². The SMILES string of the molecule is CC(C)CN1CC2(CCN(C(=O)c3cc[nH]c3)CC2)C2(CCNC2=O)C1. The van der Waals surface area contributed by atoms with Gasteiger partial charge in [0.05, 0.1) is 11.0 Å². The van der Waals surface area contributed by atoms with Crippen molar-refractivity contribution in [3.8, 4) is 0 Å². The molecule has 4 heterocycles. The molecule has 0 saturated carbocycles. The van der Waals surface area contributed by atoms with Gasteiger partial charge in [-0.25, -0.2) is 0 Å². The van der Waals surface area contributed by atoms with E-state index in [0.29, 0.717) is 5.92 Å². The van der Waals surface area contributed by atoms with Crippen LogP contribution in [0.1, 0.15) is 43.5 Å². The van der Waals surface area contributed by atoms with Gasteiger partial charge >= 0.3 is 0 Å². The molecule has 4 rings (SSSR count). The maximum absolute atomic E-state index is 12.9. The van der Waals surface area contributed by atoms with E-state index in [2.05, 4.69) is 29.0 Å². The predicted molar refractivity (Wildman–Crippen MR) is 99.7 cm³/mol. The number of carbonyl (C=O) groups excluding carboxylic acids is 2. The van der Waals surface area contributed by atoms with Crippen LogP contribution in [-0.4, -0.2) is 65.9 Å². The van der Waals surface area contributed by atoms with E-state index in [4.69, 9.17) is 0 Å². The highest BCUT2D eigenvalue weighted by atomic mass is 16.2. The van der Waals surface area contributed by atoms with Gasteiger partial charge in [0.15, 0.2) is 0 Å². The molecule has 2 N–H and O–H groups in total. The van der Waals surface area contributed by atoms with Crippen LogP contribution in [0.2, 0.25) is 0 Å². The lowest BCUT2D eigenvalue weighted by atomic mass is 9.60. The first kappa shape index (κ1) is 17.6. The summed E-state index contributed by atoms with van der Waals surface area (Å²) in [4.78, 5) is 33.0. The molecule has 3 aliphatic rings. The smallest absolute Gasteiger partial charge is 0.255 e. The minimum Gasteiger partial charge on any atom is -0.367 e. The van der Waals surface area contributed by atoms with Crippen LogP contribution in [-0.2, 0) is 4.79 Å². The van der Waals surface area contributed by atoms with Crippen molar-refractivity contribution in [1.82, 2.24) is 20.1 Å². The fourth-order valence-corrected chi connectivity index (χ4v) is 5.57. The van der Waals surface area contributed by atoms with Gasteiger partial charge in [-0.1, -0.05) is 13.8 Å². The molecule has 142 valence electrons. The zero-order chi connectivity index (χ0) is 18.4. The molecule has 3 fully saturated rings. The van der Waals surface area contributed by atoms with Crippen LogP contribution < -0.4 is 5.32 Å². The van der Waals surface area contributed by atoms with Gasteiger partial charge in [0, 0.05) is 57.1 Å². The number of hydrogen-bond donors (Lipinski definition) is 2. The third kappa shape index (κ3) is 2.66. The highest BCUT2D eigenvalue weighted by molar-refractivity contribution is 5.94. The molecule has 1 atom stereocenters. The average Bonchev–Trinajstić information content (AvgIpc) is 3.31. The molecule has 26 heavy (non-hydrogen) atoms. The number of rotatable bonds is 3. The molecule has 2 spiro atoms. The van der Waals surface area contributed by atoms with Crippen LogP contribution in [0, 0.1) is 16.7 Å². The second-order valence-electron chi connectivity index (χ2n) is 8.82. The Hall–Kier alpha value is -1.82. The van der Waals surface area contributed by atoms with E-state index < -0.39 is 0 Å². The highest BCUT2D eigenvalue weighted by Crippen LogP contribution is 2.56. The zero-order valence-corrected chi connectivity index (χ0v) is 15.9. The summed E-state index contributed by atoms with van der Waals surface area (Å²) < 4.78 is 0. The quantitative estimate of drug-likeness (QED) is 0.864. The van der Waals surface area contributed by atoms with E-state index in [1.54, 1.807) is 12.4 Å². The number of amides is 2. The number of aromatic nitrogens is 1. The van der Waals surface area contributed by atoms with Crippen molar-refractivity contribution in [2.24, 2.45) is 16.7 Å². The molecule has 3 saturated heterocycles. The summed E-state index contributed by atoms with van der Waals surface area (Å²) in [6.45, 7) is 9.68. The summed E-state index contributed by atoms with van der Waals surface area (Å²) in [6, 6.07) is 1.83. The van der Waals surface area contributed by atoms with E-state index in [-0.39, 0.29) is 22.6 Å². The number of nitrogens with one attached hydrogen (secondary N) is 2. The Bertz CT molecular complexity index is 676. The molecule has 0 aromatic carbocycles. The van der Waals surface area contributed by atoms with Crippen molar-refractivity contribution in [2.75, 3.05) is 39.3 Å². The average molecular weight is 358 g/mol. The number of piperidine rings is 1. The lowest BCUT2D eigenvalue weighted by molar-refractivity contribution is -0.133. The molecule has 1 aromatic heterocycles. The highest BCUT2D eigenvalue weighted by Gasteiger charge is 2.63. The first-order valence-electron chi connectivity index (χ1n) is 9.89. The summed E-state index contributed by atoms with van der Waals surface area (Å²) >= 11 is 0. The first-order chi connectivity index (χ1) is 12.5. The number of nitrogens with zero attached hydrogens (tertiary/aromatic N) is 2. The summed E-state index contributed by atoms with van der Waals surface area (Å²) in [6.07, 6.45) is 6.33. The molecular weight excluding hydrogens is 328 g/mol. The molecule has 6 nitrogen and oxygen atoms in total. The molecule has 6 heteroatoms. The van der Waals surface area contributed by atoms with E-state index >= 15 is 0 Å². The van der Waals surface area contributed by atoms with E-state index in [0.717, 1.165) is 64.1 Å². The topological polar surface area (TPSA) is 68.4 Å². The molecule has 1 aromatic rings. The minimum absolute atomic E-state index is 0.0113. The lowest BCUT2D eigenvalue weighted by Crippen LogP contribution is -2.53. The van der Waals surface area contributed by atoms with Crippen molar-refractivity contribution < 1.29 is 9.59 Å². The summed E-state index contributed by atoms with van der Waals surface area (Å²) in [5, 5.41) is 3.10. The monoisotopic (exact) mass is 358 g/mol. The molecule has 2 amide bonds. The third-order valence-electron chi connectivity index (χ3n) is 6.78. The van der Waals surface area contributed by atoms with Crippen molar-refractivity contribution >= 4 is 11.8 Å². The van der Waals surface area contributed by atoms with Crippen molar-refractivity contribution in [3.63, 3.8) is 0 Å². The normalized spacial score (nSPS) is 28.4. The maximum Gasteiger partial charge on any atom is 0.255 e. The van der Waals surface area contributed by atoms with Gasteiger partial charge in [-0.15, -0.1) is 0 Å². The Morgan fingerprint density at radius 2 is 2.00 bits per heavy atom. The van der Waals surface area contributed by atoms with Crippen molar-refractivity contribution in [2.45, 2.75) is 33.1 Å². The molecule has 0 bridgehead atoms. The number of aromatic amines is 1. The van der Waals surface area contributed by atoms with Crippen LogP contribution in [0.5, 0.6) is 0 Å². The number of hydrogen-bond acceptors (Lipinski definition) is 3. The van der Waals surface area contributed by atoms with E-state index in [9.17, 15) is 9.59 Å². The fraction of sp³-hybridized carbons (Fsp3) is 0.700. The van der Waals surface area contributed by atoms with Crippen LogP contribution >= 0.6 is 0 Å². The summed E-state index contributed by atoms with van der Waals surface area (Å²) in [7, 11) is 0. The second-order valence-corrected chi connectivity index (χ2v) is 8.82. The Balaban J connectivity index is 1.53. The lowest BCUT2D eigenvalue weighted by Gasteiger charge is -2.46. The number of carbonyl (C=O) groups is 2. The van der Waals surface area contributed by atoms with E-state index in [1.807, 2.05) is 11.0 Å². The maximum atomic E-state index is 12.9. The van der Waals surface area contributed by atoms with Gasteiger partial charge in [-0.2, -0.15) is 0 Å². The Morgan fingerprint density at radius 3 is 2.58 bits per heavy atom. The van der Waals surface area contributed by atoms with Gasteiger partial charge in [0.25, 0.3) is 5.91 Å². The molecular formula is C20H30N4O2. The Labute approximate surface area is 155 Å². The standard InChI is InChI=1S/C20H30N4O2/c1-15(2)12-23-13-19(20(14-23)4-8-22-18(20)26)5-9-24(10-6-19)17(25)16-3-7-21-11-16/h3,7,11,15,21H,4-6,8-10,12-14H2,1-2H3,(H,22,26). The van der Waals surface area contributed by atoms with Gasteiger partial charge < -0.3 is 20.1 Å². The van der Waals surface area contributed by atoms with E-state index in [1.165, 1.54) is 0 Å². The van der Waals surface area contributed by atoms with Gasteiger partial charge in [-0.3, -0.25) is 9.59 Å². The Morgan fingerprint density at radius 1 is 1.23 bits per heavy atom. The minimum atomic E-state index is -0.259.